The van der Waals surface area contributed by atoms with Gasteiger partial charge in [0.05, 0.1) is 24.3 Å². The number of nitrogens with two attached hydrogens (primary N) is 1. The van der Waals surface area contributed by atoms with Gasteiger partial charge in [0.25, 0.3) is 5.91 Å². The maximum absolute atomic E-state index is 12.4. The van der Waals surface area contributed by atoms with Crippen molar-refractivity contribution in [1.29, 1.82) is 0 Å². The summed E-state index contributed by atoms with van der Waals surface area (Å²) in [5.41, 5.74) is 5.99. The zero-order chi connectivity index (χ0) is 16.5. The minimum atomic E-state index is -0.415. The molecule has 0 heterocycles. The number of nitrogens with zero attached hydrogens (tertiary/aromatic N) is 1. The molecule has 0 bridgehead atoms. The number of amides is 3. The molecule has 0 aliphatic heterocycles. The molecule has 1 aromatic rings. The molecule has 120 valence electrons. The van der Waals surface area contributed by atoms with Gasteiger partial charge in [-0.05, 0) is 26.0 Å². The van der Waals surface area contributed by atoms with Crippen LogP contribution in [0.2, 0.25) is 0 Å². The summed E-state index contributed by atoms with van der Waals surface area (Å²) in [4.78, 5) is 36.9. The third kappa shape index (κ3) is 4.85. The first kappa shape index (κ1) is 17.6. The van der Waals surface area contributed by atoms with Crippen LogP contribution in [0, 0.1) is 0 Å². The summed E-state index contributed by atoms with van der Waals surface area (Å²) in [5.74, 6) is -0.976. The molecule has 0 aliphatic rings. The number of hydrogen-bond acceptors (Lipinski definition) is 4. The maximum Gasteiger partial charge on any atom is 0.255 e. The predicted molar refractivity (Wildman–Crippen MR) is 84.4 cm³/mol. The van der Waals surface area contributed by atoms with Crippen molar-refractivity contribution >= 4 is 23.4 Å². The summed E-state index contributed by atoms with van der Waals surface area (Å²) in [6.45, 7) is 4.60. The average molecular weight is 306 g/mol. The van der Waals surface area contributed by atoms with Crippen molar-refractivity contribution < 1.29 is 14.4 Å². The van der Waals surface area contributed by atoms with E-state index >= 15 is 0 Å². The fraction of sp³-hybridized carbons (Fsp3) is 0.400. The lowest BCUT2D eigenvalue weighted by atomic mass is 10.1. The van der Waals surface area contributed by atoms with E-state index < -0.39 is 11.8 Å². The quantitative estimate of drug-likeness (QED) is 0.668. The molecule has 0 radical (unpaired) electrons. The van der Waals surface area contributed by atoms with E-state index in [9.17, 15) is 14.4 Å². The first-order valence-electron chi connectivity index (χ1n) is 7.18. The lowest BCUT2D eigenvalue weighted by Gasteiger charge is -2.20. The molecule has 22 heavy (non-hydrogen) atoms. The molecule has 7 heteroatoms. The first-order chi connectivity index (χ1) is 10.5. The lowest BCUT2D eigenvalue weighted by molar-refractivity contribution is -0.123. The Bertz CT molecular complexity index is 541. The first-order valence-corrected chi connectivity index (χ1v) is 7.18. The Morgan fingerprint density at radius 3 is 2.32 bits per heavy atom. The van der Waals surface area contributed by atoms with Gasteiger partial charge >= 0.3 is 0 Å². The monoisotopic (exact) mass is 306 g/mol. The summed E-state index contributed by atoms with van der Waals surface area (Å²) in [7, 11) is 0. The topological polar surface area (TPSA) is 105 Å². The van der Waals surface area contributed by atoms with Gasteiger partial charge in [-0.3, -0.25) is 14.4 Å². The maximum atomic E-state index is 12.4. The van der Waals surface area contributed by atoms with Crippen LogP contribution < -0.4 is 16.4 Å². The smallest absolute Gasteiger partial charge is 0.255 e. The van der Waals surface area contributed by atoms with Crippen LogP contribution in [-0.2, 0) is 9.59 Å². The van der Waals surface area contributed by atoms with Crippen molar-refractivity contribution in [2.75, 3.05) is 31.5 Å². The second-order valence-electron chi connectivity index (χ2n) is 4.55. The highest BCUT2D eigenvalue weighted by Crippen LogP contribution is 2.17. The molecule has 0 fully saturated rings. The number of rotatable bonds is 7. The number of para-hydroxylation sites is 1. The van der Waals surface area contributed by atoms with E-state index in [-0.39, 0.29) is 19.0 Å². The predicted octanol–water partition coefficient (Wildman–Crippen LogP) is 0.182. The molecule has 1 aromatic carbocycles. The van der Waals surface area contributed by atoms with E-state index in [1.165, 1.54) is 0 Å². The van der Waals surface area contributed by atoms with Crippen LogP contribution in [0.3, 0.4) is 0 Å². The van der Waals surface area contributed by atoms with Crippen LogP contribution in [-0.4, -0.2) is 48.8 Å². The van der Waals surface area contributed by atoms with Gasteiger partial charge in [0, 0.05) is 13.1 Å². The van der Waals surface area contributed by atoms with E-state index in [4.69, 9.17) is 5.73 Å². The molecule has 7 nitrogen and oxygen atoms in total. The Balaban J connectivity index is 2.81. The second kappa shape index (κ2) is 8.78. The van der Waals surface area contributed by atoms with Gasteiger partial charge in [-0.15, -0.1) is 0 Å². The average Bonchev–Trinajstić information content (AvgIpc) is 2.54. The normalized spacial score (nSPS) is 9.95. The van der Waals surface area contributed by atoms with Gasteiger partial charge in [-0.2, -0.15) is 0 Å². The fourth-order valence-corrected chi connectivity index (χ4v) is 1.91. The number of nitrogens with one attached hydrogen (secondary N) is 2. The number of carbonyl (C=O) groups is 3. The third-order valence-electron chi connectivity index (χ3n) is 3.11. The Kier molecular flexibility index (Phi) is 7.04. The second-order valence-corrected chi connectivity index (χ2v) is 4.55. The minimum Gasteiger partial charge on any atom is -0.346 e. The Morgan fingerprint density at radius 1 is 1.09 bits per heavy atom. The Morgan fingerprint density at radius 2 is 1.73 bits per heavy atom. The summed E-state index contributed by atoms with van der Waals surface area (Å²) in [5, 5.41) is 5.01. The number of hydrogen-bond donors (Lipinski definition) is 3. The van der Waals surface area contributed by atoms with E-state index in [2.05, 4.69) is 10.6 Å². The molecule has 1 rings (SSSR count). The van der Waals surface area contributed by atoms with Gasteiger partial charge in [0.1, 0.15) is 0 Å². The SMILES string of the molecule is CCN(CC)C(=O)c1ccccc1NC(=O)CNC(=O)CN. The van der Waals surface area contributed by atoms with E-state index in [0.29, 0.717) is 24.3 Å². The van der Waals surface area contributed by atoms with Crippen molar-refractivity contribution in [3.63, 3.8) is 0 Å². The highest BCUT2D eigenvalue weighted by molar-refractivity contribution is 6.04. The minimum absolute atomic E-state index is 0.146. The zero-order valence-corrected chi connectivity index (χ0v) is 12.9. The van der Waals surface area contributed by atoms with Crippen LogP contribution in [0.15, 0.2) is 24.3 Å². The van der Waals surface area contributed by atoms with E-state index in [0.717, 1.165) is 0 Å². The molecule has 0 aliphatic carbocycles. The van der Waals surface area contributed by atoms with Gasteiger partial charge < -0.3 is 21.3 Å². The van der Waals surface area contributed by atoms with E-state index in [1.54, 1.807) is 29.2 Å². The molecule has 4 N–H and O–H groups in total. The van der Waals surface area contributed by atoms with Gasteiger partial charge in [-0.1, -0.05) is 12.1 Å². The largest absolute Gasteiger partial charge is 0.346 e. The van der Waals surface area contributed by atoms with Crippen molar-refractivity contribution in [3.8, 4) is 0 Å². The summed E-state index contributed by atoms with van der Waals surface area (Å²) < 4.78 is 0. The molecule has 0 saturated heterocycles. The van der Waals surface area contributed by atoms with Crippen LogP contribution in [0.4, 0.5) is 5.69 Å². The van der Waals surface area contributed by atoms with Gasteiger partial charge in [0.15, 0.2) is 0 Å². The van der Waals surface area contributed by atoms with Crippen LogP contribution >= 0.6 is 0 Å². The molecular formula is C15H22N4O3. The molecule has 0 saturated carbocycles. The summed E-state index contributed by atoms with van der Waals surface area (Å²) >= 11 is 0. The number of benzene rings is 1. The standard InChI is InChI=1S/C15H22N4O3/c1-3-19(4-2)15(22)11-7-5-6-8-12(11)18-14(21)10-17-13(20)9-16/h5-8H,3-4,9-10,16H2,1-2H3,(H,17,20)(H,18,21). The van der Waals surface area contributed by atoms with E-state index in [1.807, 2.05) is 13.8 Å². The molecule has 0 aromatic heterocycles. The summed E-state index contributed by atoms with van der Waals surface area (Å²) in [6.07, 6.45) is 0. The third-order valence-corrected chi connectivity index (χ3v) is 3.11. The van der Waals surface area contributed by atoms with Gasteiger partial charge in [-0.25, -0.2) is 0 Å². The molecule has 0 atom stereocenters. The van der Waals surface area contributed by atoms with Crippen molar-refractivity contribution in [3.05, 3.63) is 29.8 Å². The van der Waals surface area contributed by atoms with Gasteiger partial charge in [0.2, 0.25) is 11.8 Å². The highest BCUT2D eigenvalue weighted by atomic mass is 16.2. The molecular weight excluding hydrogens is 284 g/mol. The van der Waals surface area contributed by atoms with Crippen LogP contribution in [0.1, 0.15) is 24.2 Å². The van der Waals surface area contributed by atoms with Crippen LogP contribution in [0.5, 0.6) is 0 Å². The molecule has 0 spiro atoms. The number of carbonyl (C=O) groups excluding carboxylic acids is 3. The fourth-order valence-electron chi connectivity index (χ4n) is 1.91. The zero-order valence-electron chi connectivity index (χ0n) is 12.9. The highest BCUT2D eigenvalue weighted by Gasteiger charge is 2.17. The lowest BCUT2D eigenvalue weighted by Crippen LogP contribution is -2.37. The Labute approximate surface area is 129 Å². The summed E-state index contributed by atoms with van der Waals surface area (Å²) in [6, 6.07) is 6.78. The molecule has 3 amide bonds. The van der Waals surface area contributed by atoms with Crippen molar-refractivity contribution in [2.45, 2.75) is 13.8 Å². The Hall–Kier alpha value is -2.41. The van der Waals surface area contributed by atoms with Crippen molar-refractivity contribution in [2.24, 2.45) is 5.73 Å². The van der Waals surface area contributed by atoms with Crippen molar-refractivity contribution in [1.82, 2.24) is 10.2 Å². The molecule has 0 unspecified atom stereocenters. The number of anilines is 1. The van der Waals surface area contributed by atoms with Crippen LogP contribution in [0.25, 0.3) is 0 Å².